The summed E-state index contributed by atoms with van der Waals surface area (Å²) in [6.45, 7) is 2.06. The predicted octanol–water partition coefficient (Wildman–Crippen LogP) is 4.51. The molecule has 0 fully saturated rings. The highest BCUT2D eigenvalue weighted by Crippen LogP contribution is 1.99. The van der Waals surface area contributed by atoms with Crippen LogP contribution in [0.5, 0.6) is 0 Å². The number of unbranched alkanes of at least 4 members (excludes halogenated alkanes) is 1. The summed E-state index contributed by atoms with van der Waals surface area (Å²) in [6, 6.07) is 0. The smallest absolute Gasteiger partial charge is 0.236 e. The normalized spacial score (nSPS) is 12.3. The molecule has 0 aromatic rings. The Kier molecular flexibility index (Phi) is 17.2. The fourth-order valence-electron chi connectivity index (χ4n) is 2.02. The number of amides is 2. The Morgan fingerprint density at radius 2 is 1.23 bits per heavy atom. The number of carbonyl (C=O) groups is 2. The quantitative estimate of drug-likeness (QED) is 0.334. The average molecular weight is 359 g/mol. The Labute approximate surface area is 158 Å². The van der Waals surface area contributed by atoms with Crippen molar-refractivity contribution in [3.05, 3.63) is 60.8 Å². The van der Waals surface area contributed by atoms with Gasteiger partial charge in [-0.05, 0) is 44.9 Å². The minimum Gasteiger partial charge on any atom is -0.368 e. The molecule has 0 rings (SSSR count). The highest BCUT2D eigenvalue weighted by Gasteiger charge is 2.00. The number of carbonyl (C=O) groups excluding carboxylic acids is 2. The first-order valence-corrected chi connectivity index (χ1v) is 9.46. The molecule has 0 aliphatic rings. The molecule has 0 aromatic carbocycles. The molecule has 0 radical (unpaired) electrons. The number of nitrogens with two attached hydrogens (primary N) is 1. The number of rotatable bonds is 15. The van der Waals surface area contributed by atoms with E-state index in [1.807, 2.05) is 0 Å². The maximum absolute atomic E-state index is 11.3. The largest absolute Gasteiger partial charge is 0.368 e. The molecule has 0 unspecified atom stereocenters. The molecule has 2 amide bonds. The van der Waals surface area contributed by atoms with E-state index >= 15 is 0 Å². The van der Waals surface area contributed by atoms with Gasteiger partial charge in [0.1, 0.15) is 0 Å². The maximum atomic E-state index is 11.3. The number of hydrogen-bond acceptors (Lipinski definition) is 2. The third-order valence-corrected chi connectivity index (χ3v) is 3.39. The average Bonchev–Trinajstić information content (AvgIpc) is 2.62. The Morgan fingerprint density at radius 1 is 0.769 bits per heavy atom. The fourth-order valence-corrected chi connectivity index (χ4v) is 2.02. The van der Waals surface area contributed by atoms with Gasteiger partial charge in [-0.3, -0.25) is 9.59 Å². The van der Waals surface area contributed by atoms with E-state index in [4.69, 9.17) is 5.73 Å². The zero-order chi connectivity index (χ0) is 19.3. The molecule has 0 atom stereocenters. The third kappa shape index (κ3) is 19.7. The van der Waals surface area contributed by atoms with E-state index in [0.717, 1.165) is 44.9 Å². The highest BCUT2D eigenvalue weighted by atomic mass is 16.2. The predicted molar refractivity (Wildman–Crippen MR) is 111 cm³/mol. The van der Waals surface area contributed by atoms with E-state index in [1.165, 1.54) is 0 Å². The van der Waals surface area contributed by atoms with Gasteiger partial charge in [-0.1, -0.05) is 67.7 Å². The zero-order valence-electron chi connectivity index (χ0n) is 16.0. The van der Waals surface area contributed by atoms with E-state index in [1.54, 1.807) is 0 Å². The molecule has 26 heavy (non-hydrogen) atoms. The van der Waals surface area contributed by atoms with E-state index in [-0.39, 0.29) is 12.5 Å². The van der Waals surface area contributed by atoms with Crippen molar-refractivity contribution in [2.45, 2.75) is 58.3 Å². The van der Waals surface area contributed by atoms with Gasteiger partial charge in [-0.25, -0.2) is 0 Å². The summed E-state index contributed by atoms with van der Waals surface area (Å²) < 4.78 is 0. The summed E-state index contributed by atoms with van der Waals surface area (Å²) in [7, 11) is 0. The number of nitrogens with one attached hydrogen (secondary N) is 1. The summed E-state index contributed by atoms with van der Waals surface area (Å²) in [4.78, 5) is 21.9. The van der Waals surface area contributed by atoms with Crippen LogP contribution in [0, 0.1) is 0 Å². The van der Waals surface area contributed by atoms with Crippen molar-refractivity contribution in [1.29, 1.82) is 0 Å². The van der Waals surface area contributed by atoms with Gasteiger partial charge in [-0.15, -0.1) is 0 Å². The summed E-state index contributed by atoms with van der Waals surface area (Å²) in [5.41, 5.74) is 4.96. The molecule has 0 saturated carbocycles. The van der Waals surface area contributed by atoms with Crippen molar-refractivity contribution in [1.82, 2.24) is 5.32 Å². The van der Waals surface area contributed by atoms with Gasteiger partial charge < -0.3 is 11.1 Å². The second-order valence-electron chi connectivity index (χ2n) is 5.84. The van der Waals surface area contributed by atoms with Crippen molar-refractivity contribution in [3.8, 4) is 0 Å². The summed E-state index contributed by atoms with van der Waals surface area (Å²) >= 11 is 0. The summed E-state index contributed by atoms with van der Waals surface area (Å²) in [5, 5.41) is 2.47. The summed E-state index contributed by atoms with van der Waals surface area (Å²) in [5.74, 6) is -0.646. The standard InChI is InChI=1S/C22H34N2O2/c1-2-3-4-5-6-7-8-9-10-11-12-13-14-15-16-17-18-19-22(26)24-20-21(23)25/h3-4,6-7,9-10,12-13,15-16H,2,5,8,11,14,17-20H2,1H3,(H2,23,25)(H,24,26)/b4-3-,7-6?,10-9?,13-12-,16-15-. The minimum absolute atomic E-state index is 0.0828. The molecule has 4 heteroatoms. The first kappa shape index (κ1) is 23.6. The second-order valence-corrected chi connectivity index (χ2v) is 5.84. The van der Waals surface area contributed by atoms with Crippen LogP contribution in [0.4, 0.5) is 0 Å². The maximum Gasteiger partial charge on any atom is 0.236 e. The van der Waals surface area contributed by atoms with Gasteiger partial charge in [0.2, 0.25) is 11.8 Å². The monoisotopic (exact) mass is 358 g/mol. The first-order valence-electron chi connectivity index (χ1n) is 9.46. The van der Waals surface area contributed by atoms with Crippen LogP contribution in [0.25, 0.3) is 0 Å². The summed E-state index contributed by atoms with van der Waals surface area (Å²) in [6.07, 6.45) is 28.6. The Morgan fingerprint density at radius 3 is 1.69 bits per heavy atom. The molecular formula is C22H34N2O2. The van der Waals surface area contributed by atoms with Crippen molar-refractivity contribution >= 4 is 11.8 Å². The molecule has 3 N–H and O–H groups in total. The van der Waals surface area contributed by atoms with Crippen molar-refractivity contribution in [2.75, 3.05) is 6.54 Å². The number of primary amides is 1. The van der Waals surface area contributed by atoms with Gasteiger partial charge in [0.25, 0.3) is 0 Å². The second kappa shape index (κ2) is 19.0. The molecule has 0 bridgehead atoms. The van der Waals surface area contributed by atoms with Crippen molar-refractivity contribution in [3.63, 3.8) is 0 Å². The van der Waals surface area contributed by atoms with Crippen LogP contribution in [-0.4, -0.2) is 18.4 Å². The first-order chi connectivity index (χ1) is 12.7. The molecule has 0 saturated heterocycles. The van der Waals surface area contributed by atoms with Gasteiger partial charge >= 0.3 is 0 Å². The van der Waals surface area contributed by atoms with Crippen LogP contribution in [-0.2, 0) is 9.59 Å². The van der Waals surface area contributed by atoms with Gasteiger partial charge in [0, 0.05) is 6.42 Å². The van der Waals surface area contributed by atoms with Crippen LogP contribution in [0.2, 0.25) is 0 Å². The molecule has 0 aliphatic heterocycles. The lowest BCUT2D eigenvalue weighted by Gasteiger charge is -2.00. The minimum atomic E-state index is -0.517. The van der Waals surface area contributed by atoms with Crippen LogP contribution in [0.1, 0.15) is 58.3 Å². The molecule has 0 spiro atoms. The van der Waals surface area contributed by atoms with Crippen LogP contribution in [0.3, 0.4) is 0 Å². The molecule has 144 valence electrons. The molecule has 0 heterocycles. The molecule has 4 nitrogen and oxygen atoms in total. The number of hydrogen-bond donors (Lipinski definition) is 2. The molecule has 0 aromatic heterocycles. The van der Waals surface area contributed by atoms with E-state index < -0.39 is 5.91 Å². The Bertz CT molecular complexity index is 514. The number of allylic oxidation sites excluding steroid dienone is 10. The topological polar surface area (TPSA) is 72.2 Å². The van der Waals surface area contributed by atoms with Gasteiger partial charge in [0.15, 0.2) is 0 Å². The fraction of sp³-hybridized carbons (Fsp3) is 0.455. The molecule has 0 aliphatic carbocycles. The lowest BCUT2D eigenvalue weighted by atomic mass is 10.2. The Balaban J connectivity index is 3.53. The lowest BCUT2D eigenvalue weighted by molar-refractivity contribution is -0.124. The highest BCUT2D eigenvalue weighted by molar-refractivity contribution is 5.83. The molecular weight excluding hydrogens is 324 g/mol. The lowest BCUT2D eigenvalue weighted by Crippen LogP contribution is -2.33. The van der Waals surface area contributed by atoms with Crippen LogP contribution >= 0.6 is 0 Å². The third-order valence-electron chi connectivity index (χ3n) is 3.39. The van der Waals surface area contributed by atoms with Gasteiger partial charge in [-0.2, -0.15) is 0 Å². The SMILES string of the molecule is CC/C=C\CC=CCC=CC/C=C\C/C=C\CCCC(=O)NCC(N)=O. The van der Waals surface area contributed by atoms with Gasteiger partial charge in [0.05, 0.1) is 6.54 Å². The van der Waals surface area contributed by atoms with E-state index in [9.17, 15) is 9.59 Å². The van der Waals surface area contributed by atoms with E-state index in [0.29, 0.717) is 6.42 Å². The van der Waals surface area contributed by atoms with E-state index in [2.05, 4.69) is 73.0 Å². The zero-order valence-corrected chi connectivity index (χ0v) is 16.0. The van der Waals surface area contributed by atoms with Crippen molar-refractivity contribution < 1.29 is 9.59 Å². The Hall–Kier alpha value is -2.36. The van der Waals surface area contributed by atoms with Crippen LogP contribution in [0.15, 0.2) is 60.8 Å². The van der Waals surface area contributed by atoms with Crippen molar-refractivity contribution in [2.24, 2.45) is 5.73 Å². The van der Waals surface area contributed by atoms with Crippen LogP contribution < -0.4 is 11.1 Å².